The highest BCUT2D eigenvalue weighted by Gasteiger charge is 2.30. The van der Waals surface area contributed by atoms with E-state index in [0.717, 1.165) is 9.46 Å². The summed E-state index contributed by atoms with van der Waals surface area (Å²) in [7, 11) is 0. The van der Waals surface area contributed by atoms with Crippen LogP contribution in [0.15, 0.2) is 29.2 Å². The molecule has 0 aliphatic carbocycles. The molecule has 1 aromatic carbocycles. The summed E-state index contributed by atoms with van der Waals surface area (Å²) in [6, 6.07) is 6.02. The second-order valence-corrected chi connectivity index (χ2v) is 8.33. The van der Waals surface area contributed by atoms with Crippen LogP contribution in [0.4, 0.5) is 18.9 Å². The number of aromatic nitrogens is 1. The first kappa shape index (κ1) is 21.9. The van der Waals surface area contributed by atoms with Gasteiger partial charge in [0.05, 0.1) is 16.5 Å². The molecule has 0 unspecified atom stereocenters. The number of thioether (sulfide) groups is 1. The van der Waals surface area contributed by atoms with Crippen molar-refractivity contribution < 1.29 is 32.3 Å². The Morgan fingerprint density at radius 3 is 2.60 bits per heavy atom. The van der Waals surface area contributed by atoms with Gasteiger partial charge in [-0.15, -0.1) is 11.8 Å². The smallest absolute Gasteiger partial charge is 0.406 e. The summed E-state index contributed by atoms with van der Waals surface area (Å²) < 4.78 is 44.2. The Labute approximate surface area is 174 Å². The first-order chi connectivity index (χ1) is 14.0. The maximum Gasteiger partial charge on any atom is 0.406 e. The Hall–Kier alpha value is -2.75. The SMILES string of the molecule is Cc1cc(C(=O)COC(=O)c2ccc3c(c2)NC(=O)[C@@H](C)S3)c(C)n1CC(F)(F)F. The molecule has 0 saturated carbocycles. The van der Waals surface area contributed by atoms with Crippen molar-refractivity contribution >= 4 is 35.1 Å². The number of nitrogens with zero attached hydrogens (tertiary/aromatic N) is 1. The molecule has 30 heavy (non-hydrogen) atoms. The maximum atomic E-state index is 12.7. The third-order valence-corrected chi connectivity index (χ3v) is 5.87. The van der Waals surface area contributed by atoms with Gasteiger partial charge < -0.3 is 14.6 Å². The summed E-state index contributed by atoms with van der Waals surface area (Å²) in [6.07, 6.45) is -4.42. The number of fused-ring (bicyclic) bond motifs is 1. The second-order valence-electron chi connectivity index (χ2n) is 6.95. The van der Waals surface area contributed by atoms with Crippen LogP contribution in [0.3, 0.4) is 0 Å². The molecular weight excluding hydrogens is 421 g/mol. The fourth-order valence-electron chi connectivity index (χ4n) is 3.13. The molecule has 1 aromatic heterocycles. The number of carbonyl (C=O) groups is 3. The number of benzene rings is 1. The number of ether oxygens (including phenoxy) is 1. The molecule has 0 bridgehead atoms. The largest absolute Gasteiger partial charge is 0.454 e. The number of hydrogen-bond acceptors (Lipinski definition) is 5. The van der Waals surface area contributed by atoms with Crippen molar-refractivity contribution in [2.75, 3.05) is 11.9 Å². The van der Waals surface area contributed by atoms with Crippen molar-refractivity contribution in [3.8, 4) is 0 Å². The second kappa shape index (κ2) is 8.17. The van der Waals surface area contributed by atoms with Crippen LogP contribution in [0.25, 0.3) is 0 Å². The fourth-order valence-corrected chi connectivity index (χ4v) is 4.06. The number of carbonyl (C=O) groups excluding carboxylic acids is 3. The van der Waals surface area contributed by atoms with Crippen molar-refractivity contribution in [3.05, 3.63) is 46.8 Å². The summed E-state index contributed by atoms with van der Waals surface area (Å²) in [5.41, 5.74) is 1.16. The van der Waals surface area contributed by atoms with E-state index in [4.69, 9.17) is 4.74 Å². The van der Waals surface area contributed by atoms with Gasteiger partial charge in [0.1, 0.15) is 6.54 Å². The zero-order valence-corrected chi connectivity index (χ0v) is 17.2. The lowest BCUT2D eigenvalue weighted by molar-refractivity contribution is -0.141. The van der Waals surface area contributed by atoms with E-state index < -0.39 is 31.1 Å². The highest BCUT2D eigenvalue weighted by Crippen LogP contribution is 2.36. The van der Waals surface area contributed by atoms with Crippen LogP contribution in [-0.2, 0) is 16.1 Å². The number of amides is 1. The minimum atomic E-state index is -4.42. The highest BCUT2D eigenvalue weighted by molar-refractivity contribution is 8.00. The van der Waals surface area contributed by atoms with Gasteiger partial charge in [-0.25, -0.2) is 4.79 Å². The highest BCUT2D eigenvalue weighted by atomic mass is 32.2. The third kappa shape index (κ3) is 4.69. The van der Waals surface area contributed by atoms with Crippen molar-refractivity contribution in [1.82, 2.24) is 4.57 Å². The fraction of sp³-hybridized carbons (Fsp3) is 0.350. The van der Waals surface area contributed by atoms with Crippen LogP contribution >= 0.6 is 11.8 Å². The van der Waals surface area contributed by atoms with E-state index in [1.165, 1.54) is 43.8 Å². The maximum absolute atomic E-state index is 12.7. The third-order valence-electron chi connectivity index (χ3n) is 4.69. The summed E-state index contributed by atoms with van der Waals surface area (Å²) in [5, 5.41) is 2.46. The predicted molar refractivity (Wildman–Crippen MR) is 105 cm³/mol. The number of Topliss-reactive ketones (excluding diaryl/α,β-unsaturated/α-hetero) is 1. The number of alkyl halides is 3. The van der Waals surface area contributed by atoms with Crippen molar-refractivity contribution in [1.29, 1.82) is 0 Å². The minimum Gasteiger partial charge on any atom is -0.454 e. The Kier molecular flexibility index (Phi) is 5.98. The Morgan fingerprint density at radius 1 is 1.23 bits per heavy atom. The van der Waals surface area contributed by atoms with Crippen LogP contribution in [-0.4, -0.2) is 40.3 Å². The van der Waals surface area contributed by atoms with Gasteiger partial charge in [0, 0.05) is 21.8 Å². The normalized spacial score (nSPS) is 16.1. The molecule has 0 spiro atoms. The predicted octanol–water partition coefficient (Wildman–Crippen LogP) is 4.14. The van der Waals surface area contributed by atoms with E-state index in [1.54, 1.807) is 13.0 Å². The van der Waals surface area contributed by atoms with Crippen molar-refractivity contribution in [3.63, 3.8) is 0 Å². The Balaban J connectivity index is 1.68. The van der Waals surface area contributed by atoms with E-state index in [1.807, 2.05) is 0 Å². The number of aryl methyl sites for hydroxylation is 1. The number of nitrogens with one attached hydrogen (secondary N) is 1. The molecule has 0 saturated heterocycles. The van der Waals surface area contributed by atoms with E-state index in [0.29, 0.717) is 5.69 Å². The first-order valence-electron chi connectivity index (χ1n) is 9.01. The van der Waals surface area contributed by atoms with Gasteiger partial charge in [-0.2, -0.15) is 13.2 Å². The van der Waals surface area contributed by atoms with Gasteiger partial charge in [0.15, 0.2) is 6.61 Å². The monoisotopic (exact) mass is 440 g/mol. The quantitative estimate of drug-likeness (QED) is 0.559. The molecule has 3 rings (SSSR count). The van der Waals surface area contributed by atoms with E-state index in [9.17, 15) is 27.6 Å². The standard InChI is InChI=1S/C20H19F3N2O4S/c1-10-6-14(11(2)25(10)9-20(21,22)23)16(26)8-29-19(28)13-4-5-17-15(7-13)24-18(27)12(3)30-17/h4-7,12H,8-9H2,1-3H3,(H,24,27)/t12-/m1/s1. The molecule has 6 nitrogen and oxygen atoms in total. The lowest BCUT2D eigenvalue weighted by Gasteiger charge is -2.21. The van der Waals surface area contributed by atoms with E-state index in [-0.39, 0.29) is 33.7 Å². The molecule has 1 atom stereocenters. The van der Waals surface area contributed by atoms with Crippen molar-refractivity contribution in [2.45, 2.75) is 43.6 Å². The molecule has 160 valence electrons. The molecule has 1 N–H and O–H groups in total. The van der Waals surface area contributed by atoms with Crippen LogP contribution in [0.2, 0.25) is 0 Å². The molecule has 10 heteroatoms. The number of ketones is 1. The number of rotatable bonds is 5. The van der Waals surface area contributed by atoms with E-state index in [2.05, 4.69) is 5.32 Å². The van der Waals surface area contributed by atoms with Gasteiger partial charge in [0.25, 0.3) is 0 Å². The lowest BCUT2D eigenvalue weighted by atomic mass is 10.1. The molecule has 1 aliphatic rings. The summed E-state index contributed by atoms with van der Waals surface area (Å²) in [5.74, 6) is -1.55. The molecule has 1 aliphatic heterocycles. The molecular formula is C20H19F3N2O4S. The van der Waals surface area contributed by atoms with Crippen LogP contribution < -0.4 is 5.32 Å². The number of esters is 1. The number of anilines is 1. The molecule has 0 radical (unpaired) electrons. The molecule has 2 aromatic rings. The molecule has 1 amide bonds. The minimum absolute atomic E-state index is 0.0765. The summed E-state index contributed by atoms with van der Waals surface area (Å²) >= 11 is 1.36. The van der Waals surface area contributed by atoms with Gasteiger partial charge in [0.2, 0.25) is 11.7 Å². The van der Waals surface area contributed by atoms with Crippen LogP contribution in [0.5, 0.6) is 0 Å². The summed E-state index contributed by atoms with van der Waals surface area (Å²) in [6.45, 7) is 2.85. The molecule has 2 heterocycles. The first-order valence-corrected chi connectivity index (χ1v) is 9.89. The topological polar surface area (TPSA) is 77.4 Å². The lowest BCUT2D eigenvalue weighted by Crippen LogP contribution is -2.26. The Morgan fingerprint density at radius 2 is 1.93 bits per heavy atom. The average molecular weight is 440 g/mol. The van der Waals surface area contributed by atoms with Gasteiger partial charge in [-0.05, 0) is 45.0 Å². The van der Waals surface area contributed by atoms with Crippen molar-refractivity contribution in [2.24, 2.45) is 0 Å². The van der Waals surface area contributed by atoms with Gasteiger partial charge in [-0.1, -0.05) is 0 Å². The molecule has 0 fully saturated rings. The number of hydrogen-bond donors (Lipinski definition) is 1. The summed E-state index contributed by atoms with van der Waals surface area (Å²) in [4.78, 5) is 37.3. The van der Waals surface area contributed by atoms with Gasteiger partial charge >= 0.3 is 12.1 Å². The van der Waals surface area contributed by atoms with Crippen LogP contribution in [0, 0.1) is 13.8 Å². The van der Waals surface area contributed by atoms with E-state index >= 15 is 0 Å². The zero-order chi connectivity index (χ0) is 22.2. The average Bonchev–Trinajstić information content (AvgIpc) is 2.93. The van der Waals surface area contributed by atoms with Gasteiger partial charge in [-0.3, -0.25) is 9.59 Å². The Bertz CT molecular complexity index is 1030. The van der Waals surface area contributed by atoms with Crippen LogP contribution in [0.1, 0.15) is 39.0 Å². The zero-order valence-electron chi connectivity index (χ0n) is 16.4. The number of halogens is 3.